The predicted octanol–water partition coefficient (Wildman–Crippen LogP) is 3.60. The number of nitrogens with zero attached hydrogens (tertiary/aromatic N) is 4. The van der Waals surface area contributed by atoms with Gasteiger partial charge in [0.1, 0.15) is 12.6 Å². The van der Waals surface area contributed by atoms with Crippen LogP contribution in [0.15, 0.2) is 36.5 Å². The smallest absolute Gasteiger partial charge is 0.167 e. The topological polar surface area (TPSA) is 85.1 Å². The molecule has 2 aromatic heterocycles. The van der Waals surface area contributed by atoms with Crippen molar-refractivity contribution < 1.29 is 9.84 Å². The summed E-state index contributed by atoms with van der Waals surface area (Å²) in [7, 11) is 0. The van der Waals surface area contributed by atoms with E-state index >= 15 is 0 Å². The summed E-state index contributed by atoms with van der Waals surface area (Å²) in [6, 6.07) is 0. The quantitative estimate of drug-likeness (QED) is 0.807. The van der Waals surface area contributed by atoms with Crippen LogP contribution in [0.1, 0.15) is 52.2 Å². The summed E-state index contributed by atoms with van der Waals surface area (Å²) >= 11 is 0. The van der Waals surface area contributed by atoms with E-state index in [2.05, 4.69) is 38.5 Å². The van der Waals surface area contributed by atoms with Gasteiger partial charge in [-0.05, 0) is 32.1 Å². The van der Waals surface area contributed by atoms with Crippen LogP contribution in [0.3, 0.4) is 0 Å². The first-order chi connectivity index (χ1) is 13.3. The number of nitrogens with one attached hydrogen (secondary N) is 1. The molecule has 146 valence electrons. The second kappa shape index (κ2) is 9.62. The summed E-state index contributed by atoms with van der Waals surface area (Å²) in [5, 5.41) is 12.6. The van der Waals surface area contributed by atoms with Gasteiger partial charge in [0, 0.05) is 6.54 Å². The minimum absolute atomic E-state index is 0.0508. The van der Waals surface area contributed by atoms with E-state index in [0.717, 1.165) is 55.6 Å². The van der Waals surface area contributed by atoms with E-state index in [-0.39, 0.29) is 18.9 Å². The van der Waals surface area contributed by atoms with Crippen molar-refractivity contribution in [2.24, 2.45) is 0 Å². The van der Waals surface area contributed by atoms with Crippen LogP contribution in [0, 0.1) is 0 Å². The third-order valence-corrected chi connectivity index (χ3v) is 4.74. The van der Waals surface area contributed by atoms with Gasteiger partial charge in [0.05, 0.1) is 19.0 Å². The van der Waals surface area contributed by atoms with Crippen molar-refractivity contribution in [3.63, 3.8) is 0 Å². The van der Waals surface area contributed by atoms with Crippen molar-refractivity contribution in [2.75, 3.05) is 18.5 Å². The largest absolute Gasteiger partial charge is 0.394 e. The molecule has 1 fully saturated rings. The Labute approximate surface area is 160 Å². The molecule has 4 rings (SSSR count). The van der Waals surface area contributed by atoms with E-state index in [4.69, 9.17) is 4.74 Å². The van der Waals surface area contributed by atoms with Gasteiger partial charge in [-0.2, -0.15) is 0 Å². The first kappa shape index (κ1) is 19.5. The zero-order valence-electron chi connectivity index (χ0n) is 16.1. The van der Waals surface area contributed by atoms with Gasteiger partial charge in [-0.15, -0.1) is 0 Å². The van der Waals surface area contributed by atoms with Crippen LogP contribution < -0.4 is 5.32 Å². The molecule has 0 spiro atoms. The Kier molecular flexibility index (Phi) is 6.95. The van der Waals surface area contributed by atoms with Crippen LogP contribution in [0.25, 0.3) is 11.2 Å². The van der Waals surface area contributed by atoms with Crippen molar-refractivity contribution in [1.82, 2.24) is 19.5 Å². The van der Waals surface area contributed by atoms with Gasteiger partial charge in [0.15, 0.2) is 17.0 Å². The second-order valence-electron chi connectivity index (χ2n) is 6.45. The third-order valence-electron chi connectivity index (χ3n) is 4.74. The van der Waals surface area contributed by atoms with Gasteiger partial charge in [-0.1, -0.05) is 37.6 Å². The average molecular weight is 371 g/mol. The number of rotatable bonds is 6. The van der Waals surface area contributed by atoms with Crippen molar-refractivity contribution in [2.45, 2.75) is 58.3 Å². The van der Waals surface area contributed by atoms with Crippen LogP contribution in [-0.2, 0) is 4.74 Å². The molecule has 7 heteroatoms. The molecule has 2 unspecified atom stereocenters. The molecule has 0 saturated carbocycles. The van der Waals surface area contributed by atoms with E-state index in [1.165, 1.54) is 5.57 Å². The summed E-state index contributed by atoms with van der Waals surface area (Å²) in [5.41, 5.74) is 2.88. The van der Waals surface area contributed by atoms with Gasteiger partial charge in [0.25, 0.3) is 0 Å². The fourth-order valence-electron chi connectivity index (χ4n) is 3.40. The average Bonchev–Trinajstić information content (AvgIpc) is 3.37. The fraction of sp³-hybridized carbons (Fsp3) is 0.550. The van der Waals surface area contributed by atoms with E-state index in [9.17, 15) is 5.11 Å². The molecule has 2 atom stereocenters. The number of hydrogen-bond donors (Lipinski definition) is 2. The van der Waals surface area contributed by atoms with Gasteiger partial charge in [-0.3, -0.25) is 4.57 Å². The lowest BCUT2D eigenvalue weighted by molar-refractivity contribution is -0.0207. The summed E-state index contributed by atoms with van der Waals surface area (Å²) in [6.45, 7) is 4.86. The minimum Gasteiger partial charge on any atom is -0.394 e. The standard InChI is InChI=1S/C18H23N5O2.C2H6/c24-10-14-6-7-15(25-14)23-12-22-16-17(20-11-21-18(16)23)19-9-8-13-4-2-1-3-5-13;1-2/h2,4-5,11-12,14-15,24H,1,3,6-10H2,(H,19,20,21);1-2H3. The Bertz CT molecular complexity index is 799. The molecule has 1 aliphatic heterocycles. The van der Waals surface area contributed by atoms with Crippen LogP contribution in [-0.4, -0.2) is 43.9 Å². The number of imidazole rings is 1. The SMILES string of the molecule is CC.OCC1CCC(n2cnc3c(NCCC4=CCCC=C4)ncnc32)O1. The maximum atomic E-state index is 9.25. The first-order valence-corrected chi connectivity index (χ1v) is 9.88. The highest BCUT2D eigenvalue weighted by molar-refractivity contribution is 5.82. The van der Waals surface area contributed by atoms with E-state index in [0.29, 0.717) is 0 Å². The molecule has 2 N–H and O–H groups in total. The Balaban J connectivity index is 0.00000102. The molecule has 1 aliphatic carbocycles. The Hall–Kier alpha value is -2.25. The Morgan fingerprint density at radius 1 is 1.22 bits per heavy atom. The minimum atomic E-state index is -0.123. The molecule has 27 heavy (non-hydrogen) atoms. The summed E-state index contributed by atoms with van der Waals surface area (Å²) in [4.78, 5) is 13.2. The van der Waals surface area contributed by atoms with Crippen molar-refractivity contribution in [3.05, 3.63) is 36.5 Å². The fourth-order valence-corrected chi connectivity index (χ4v) is 3.40. The summed E-state index contributed by atoms with van der Waals surface area (Å²) in [5.74, 6) is 0.751. The highest BCUT2D eigenvalue weighted by atomic mass is 16.5. The van der Waals surface area contributed by atoms with Crippen LogP contribution in [0.4, 0.5) is 5.82 Å². The molecule has 2 aromatic rings. The maximum absolute atomic E-state index is 9.25. The molecular weight excluding hydrogens is 342 g/mol. The van der Waals surface area contributed by atoms with Crippen LogP contribution in [0.2, 0.25) is 0 Å². The molecule has 0 radical (unpaired) electrons. The number of aliphatic hydroxyl groups is 1. The monoisotopic (exact) mass is 371 g/mol. The number of fused-ring (bicyclic) bond motifs is 1. The predicted molar refractivity (Wildman–Crippen MR) is 106 cm³/mol. The number of allylic oxidation sites excluding steroid dienone is 3. The highest BCUT2D eigenvalue weighted by Crippen LogP contribution is 2.31. The van der Waals surface area contributed by atoms with Crippen LogP contribution in [0.5, 0.6) is 0 Å². The molecule has 1 saturated heterocycles. The third kappa shape index (κ3) is 4.54. The Morgan fingerprint density at radius 3 is 2.85 bits per heavy atom. The molecule has 7 nitrogen and oxygen atoms in total. The van der Waals surface area contributed by atoms with E-state index in [1.54, 1.807) is 12.7 Å². The van der Waals surface area contributed by atoms with Gasteiger partial charge < -0.3 is 15.2 Å². The molecule has 3 heterocycles. The number of aromatic nitrogens is 4. The van der Waals surface area contributed by atoms with Crippen molar-refractivity contribution >= 4 is 17.0 Å². The Morgan fingerprint density at radius 2 is 2.11 bits per heavy atom. The number of hydrogen-bond acceptors (Lipinski definition) is 6. The lowest BCUT2D eigenvalue weighted by Crippen LogP contribution is -2.14. The van der Waals surface area contributed by atoms with Gasteiger partial charge in [-0.25, -0.2) is 15.0 Å². The lowest BCUT2D eigenvalue weighted by Gasteiger charge is -2.14. The molecule has 2 aliphatic rings. The normalized spacial score (nSPS) is 21.7. The maximum Gasteiger partial charge on any atom is 0.167 e. The van der Waals surface area contributed by atoms with Gasteiger partial charge in [0.2, 0.25) is 0 Å². The molecular formula is C20H29N5O2. The number of anilines is 1. The van der Waals surface area contributed by atoms with Crippen molar-refractivity contribution in [1.29, 1.82) is 0 Å². The first-order valence-electron chi connectivity index (χ1n) is 9.88. The molecule has 0 aromatic carbocycles. The zero-order valence-corrected chi connectivity index (χ0v) is 16.1. The lowest BCUT2D eigenvalue weighted by atomic mass is 10.0. The van der Waals surface area contributed by atoms with E-state index < -0.39 is 0 Å². The second-order valence-corrected chi connectivity index (χ2v) is 6.45. The molecule has 0 amide bonds. The molecule has 0 bridgehead atoms. The highest BCUT2D eigenvalue weighted by Gasteiger charge is 2.27. The zero-order chi connectivity index (χ0) is 19.1. The number of ether oxygens (including phenoxy) is 1. The number of aliphatic hydroxyl groups excluding tert-OH is 1. The van der Waals surface area contributed by atoms with E-state index in [1.807, 2.05) is 18.4 Å². The summed E-state index contributed by atoms with van der Waals surface area (Å²) < 4.78 is 7.78. The van der Waals surface area contributed by atoms with Crippen molar-refractivity contribution in [3.8, 4) is 0 Å². The van der Waals surface area contributed by atoms with Crippen LogP contribution >= 0.6 is 0 Å². The summed E-state index contributed by atoms with van der Waals surface area (Å²) in [6.07, 6.45) is 14.7. The van der Waals surface area contributed by atoms with Gasteiger partial charge >= 0.3 is 0 Å².